The van der Waals surface area contributed by atoms with Crippen LogP contribution in [0.25, 0.3) is 0 Å². The molecule has 0 saturated heterocycles. The summed E-state index contributed by atoms with van der Waals surface area (Å²) in [5.41, 5.74) is -0.413. The van der Waals surface area contributed by atoms with Crippen LogP contribution in [-0.4, -0.2) is 29.1 Å². The van der Waals surface area contributed by atoms with Gasteiger partial charge < -0.3 is 15.2 Å². The Morgan fingerprint density at radius 1 is 1.35 bits per heavy atom. The van der Waals surface area contributed by atoms with Crippen molar-refractivity contribution in [1.29, 1.82) is 0 Å². The standard InChI is InChI=1S/C13H13F2NO4/c1-6(12(18)16-8-2-3-8)20-13(19)7-4-9(14)11(17)10(15)5-7/h4-6,8,17H,2-3H2,1H3,(H,16,18). The minimum absolute atomic E-state index is 0.118. The number of halogens is 2. The molecule has 0 spiro atoms. The highest BCUT2D eigenvalue weighted by Crippen LogP contribution is 2.22. The van der Waals surface area contributed by atoms with E-state index in [1.165, 1.54) is 6.92 Å². The van der Waals surface area contributed by atoms with Crippen LogP contribution in [0.5, 0.6) is 5.75 Å². The van der Waals surface area contributed by atoms with Gasteiger partial charge in [-0.05, 0) is 31.9 Å². The molecule has 1 atom stereocenters. The van der Waals surface area contributed by atoms with Gasteiger partial charge in [-0.15, -0.1) is 0 Å². The minimum atomic E-state index is -1.27. The van der Waals surface area contributed by atoms with Gasteiger partial charge in [-0.2, -0.15) is 0 Å². The summed E-state index contributed by atoms with van der Waals surface area (Å²) in [5, 5.41) is 11.6. The summed E-state index contributed by atoms with van der Waals surface area (Å²) in [6.45, 7) is 1.36. The number of ether oxygens (including phenoxy) is 1. The Morgan fingerprint density at radius 3 is 2.40 bits per heavy atom. The Balaban J connectivity index is 2.01. The molecule has 1 aliphatic carbocycles. The van der Waals surface area contributed by atoms with Crippen LogP contribution in [0.15, 0.2) is 12.1 Å². The zero-order valence-corrected chi connectivity index (χ0v) is 10.7. The summed E-state index contributed by atoms with van der Waals surface area (Å²) in [5.74, 6) is -5.21. The van der Waals surface area contributed by atoms with Crippen LogP contribution >= 0.6 is 0 Å². The van der Waals surface area contributed by atoms with Gasteiger partial charge in [0.25, 0.3) is 5.91 Å². The summed E-state index contributed by atoms with van der Waals surface area (Å²) >= 11 is 0. The highest BCUT2D eigenvalue weighted by Gasteiger charge is 2.27. The number of hydrogen-bond acceptors (Lipinski definition) is 4. The molecule has 108 valence electrons. The zero-order chi connectivity index (χ0) is 14.9. The Kier molecular flexibility index (Phi) is 3.87. The van der Waals surface area contributed by atoms with E-state index in [1.54, 1.807) is 0 Å². The van der Waals surface area contributed by atoms with Crippen LogP contribution in [-0.2, 0) is 9.53 Å². The number of phenolic OH excluding ortho intramolecular Hbond substituents is 1. The maximum Gasteiger partial charge on any atom is 0.339 e. The fourth-order valence-corrected chi connectivity index (χ4v) is 1.51. The van der Waals surface area contributed by atoms with Crippen molar-refractivity contribution < 1.29 is 28.2 Å². The third kappa shape index (κ3) is 3.23. The number of rotatable bonds is 4. The first kappa shape index (κ1) is 14.2. The maximum atomic E-state index is 13.1. The highest BCUT2D eigenvalue weighted by atomic mass is 19.1. The molecular formula is C13H13F2NO4. The van der Waals surface area contributed by atoms with Crippen molar-refractivity contribution in [3.05, 3.63) is 29.3 Å². The zero-order valence-electron chi connectivity index (χ0n) is 10.7. The van der Waals surface area contributed by atoms with E-state index in [1.807, 2.05) is 0 Å². The summed E-state index contributed by atoms with van der Waals surface area (Å²) in [6.07, 6.45) is 0.713. The predicted molar refractivity (Wildman–Crippen MR) is 64.1 cm³/mol. The van der Waals surface area contributed by atoms with E-state index in [9.17, 15) is 18.4 Å². The van der Waals surface area contributed by atoms with Crippen LogP contribution in [0.4, 0.5) is 8.78 Å². The molecule has 0 aliphatic heterocycles. The van der Waals surface area contributed by atoms with Crippen molar-refractivity contribution in [2.45, 2.75) is 31.9 Å². The molecule has 1 unspecified atom stereocenters. The minimum Gasteiger partial charge on any atom is -0.503 e. The Bertz CT molecular complexity index is 534. The van der Waals surface area contributed by atoms with Crippen LogP contribution < -0.4 is 5.32 Å². The van der Waals surface area contributed by atoms with Crippen molar-refractivity contribution in [3.63, 3.8) is 0 Å². The van der Waals surface area contributed by atoms with Gasteiger partial charge in [0, 0.05) is 6.04 Å². The molecular weight excluding hydrogens is 272 g/mol. The van der Waals surface area contributed by atoms with Crippen molar-refractivity contribution in [2.24, 2.45) is 0 Å². The number of amides is 1. The second kappa shape index (κ2) is 5.44. The number of esters is 1. The van der Waals surface area contributed by atoms with Gasteiger partial charge in [-0.25, -0.2) is 13.6 Å². The summed E-state index contributed by atoms with van der Waals surface area (Å²) in [6, 6.07) is 1.41. The van der Waals surface area contributed by atoms with Crippen molar-refractivity contribution in [3.8, 4) is 5.75 Å². The maximum absolute atomic E-state index is 13.1. The van der Waals surface area contributed by atoms with Crippen molar-refractivity contribution in [1.82, 2.24) is 5.32 Å². The van der Waals surface area contributed by atoms with Crippen LogP contribution in [0.2, 0.25) is 0 Å². The largest absolute Gasteiger partial charge is 0.503 e. The summed E-state index contributed by atoms with van der Waals surface area (Å²) < 4.78 is 31.0. The smallest absolute Gasteiger partial charge is 0.339 e. The number of aromatic hydroxyl groups is 1. The van der Waals surface area contributed by atoms with Gasteiger partial charge in [0.1, 0.15) is 0 Å². The molecule has 1 aliphatic rings. The Morgan fingerprint density at radius 2 is 1.90 bits per heavy atom. The summed E-state index contributed by atoms with van der Waals surface area (Å²) in [7, 11) is 0. The van der Waals surface area contributed by atoms with Gasteiger partial charge in [-0.3, -0.25) is 4.79 Å². The van der Waals surface area contributed by atoms with Gasteiger partial charge in [0.15, 0.2) is 23.5 Å². The predicted octanol–water partition coefficient (Wildman–Crippen LogP) is 1.49. The van der Waals surface area contributed by atoms with E-state index in [0.717, 1.165) is 12.8 Å². The lowest BCUT2D eigenvalue weighted by Gasteiger charge is -2.13. The van der Waals surface area contributed by atoms with Crippen LogP contribution in [0.1, 0.15) is 30.1 Å². The fourth-order valence-electron chi connectivity index (χ4n) is 1.51. The molecule has 1 fully saturated rings. The number of hydrogen-bond donors (Lipinski definition) is 2. The highest BCUT2D eigenvalue weighted by molar-refractivity contribution is 5.92. The lowest BCUT2D eigenvalue weighted by Crippen LogP contribution is -2.37. The van der Waals surface area contributed by atoms with E-state index >= 15 is 0 Å². The molecule has 0 bridgehead atoms. The Hall–Kier alpha value is -2.18. The molecule has 1 aromatic rings. The third-order valence-electron chi connectivity index (χ3n) is 2.83. The van der Waals surface area contributed by atoms with E-state index in [-0.39, 0.29) is 6.04 Å². The number of phenols is 1. The van der Waals surface area contributed by atoms with Gasteiger partial charge >= 0.3 is 5.97 Å². The third-order valence-corrected chi connectivity index (χ3v) is 2.83. The molecule has 1 amide bonds. The number of nitrogens with one attached hydrogen (secondary N) is 1. The van der Waals surface area contributed by atoms with Gasteiger partial charge in [-0.1, -0.05) is 0 Å². The van der Waals surface area contributed by atoms with Crippen LogP contribution in [0.3, 0.4) is 0 Å². The molecule has 5 nitrogen and oxygen atoms in total. The second-order valence-corrected chi connectivity index (χ2v) is 4.62. The van der Waals surface area contributed by atoms with Gasteiger partial charge in [0.2, 0.25) is 0 Å². The van der Waals surface area contributed by atoms with E-state index in [4.69, 9.17) is 9.84 Å². The molecule has 7 heteroatoms. The normalized spacial score (nSPS) is 15.6. The summed E-state index contributed by atoms with van der Waals surface area (Å²) in [4.78, 5) is 23.2. The van der Waals surface area contributed by atoms with E-state index in [0.29, 0.717) is 12.1 Å². The Labute approximate surface area is 113 Å². The van der Waals surface area contributed by atoms with Gasteiger partial charge in [0.05, 0.1) is 5.56 Å². The first-order valence-electron chi connectivity index (χ1n) is 6.08. The fraction of sp³-hybridized carbons (Fsp3) is 0.385. The molecule has 2 rings (SSSR count). The average Bonchev–Trinajstić information content (AvgIpc) is 3.18. The molecule has 0 aromatic heterocycles. The molecule has 0 heterocycles. The molecule has 0 radical (unpaired) electrons. The number of carbonyl (C=O) groups excluding carboxylic acids is 2. The monoisotopic (exact) mass is 285 g/mol. The second-order valence-electron chi connectivity index (χ2n) is 4.62. The topological polar surface area (TPSA) is 75.6 Å². The number of carbonyl (C=O) groups is 2. The quantitative estimate of drug-likeness (QED) is 0.822. The lowest BCUT2D eigenvalue weighted by atomic mass is 10.2. The van der Waals surface area contributed by atoms with Crippen molar-refractivity contribution in [2.75, 3.05) is 0 Å². The molecule has 1 saturated carbocycles. The van der Waals surface area contributed by atoms with Crippen molar-refractivity contribution >= 4 is 11.9 Å². The molecule has 2 N–H and O–H groups in total. The van der Waals surface area contributed by atoms with E-state index < -0.39 is 40.9 Å². The first-order chi connectivity index (χ1) is 9.38. The molecule has 1 aromatic carbocycles. The van der Waals surface area contributed by atoms with Crippen LogP contribution in [0, 0.1) is 11.6 Å². The van der Waals surface area contributed by atoms with E-state index in [2.05, 4.69) is 5.32 Å². The average molecular weight is 285 g/mol. The number of benzene rings is 1. The first-order valence-corrected chi connectivity index (χ1v) is 6.08. The SMILES string of the molecule is CC(OC(=O)c1cc(F)c(O)c(F)c1)C(=O)NC1CC1. The lowest BCUT2D eigenvalue weighted by molar-refractivity contribution is -0.129. The molecule has 20 heavy (non-hydrogen) atoms.